The molecular formula is C15H16ClN3O. The fourth-order valence-electron chi connectivity index (χ4n) is 3.30. The van der Waals surface area contributed by atoms with Crippen molar-refractivity contribution in [2.45, 2.75) is 25.2 Å². The molecule has 1 aliphatic carbocycles. The van der Waals surface area contributed by atoms with Crippen molar-refractivity contribution >= 4 is 11.6 Å². The molecule has 104 valence electrons. The monoisotopic (exact) mass is 289 g/mol. The zero-order chi connectivity index (χ0) is 13.6. The molecule has 1 spiro atoms. The van der Waals surface area contributed by atoms with Gasteiger partial charge in [-0.15, -0.1) is 0 Å². The largest absolute Gasteiger partial charge is 0.339 e. The van der Waals surface area contributed by atoms with E-state index in [1.165, 1.54) is 19.3 Å². The van der Waals surface area contributed by atoms with Crippen LogP contribution < -0.4 is 5.32 Å². The van der Waals surface area contributed by atoms with Crippen LogP contribution in [0.1, 0.15) is 31.1 Å². The van der Waals surface area contributed by atoms with E-state index >= 15 is 0 Å². The van der Waals surface area contributed by atoms with Gasteiger partial charge in [-0.1, -0.05) is 28.9 Å². The number of benzene rings is 1. The third-order valence-electron chi connectivity index (χ3n) is 4.61. The van der Waals surface area contributed by atoms with Crippen LogP contribution in [-0.2, 0) is 0 Å². The van der Waals surface area contributed by atoms with Gasteiger partial charge < -0.3 is 9.84 Å². The van der Waals surface area contributed by atoms with E-state index in [9.17, 15) is 0 Å². The molecule has 1 saturated heterocycles. The van der Waals surface area contributed by atoms with Crippen molar-refractivity contribution in [3.8, 4) is 11.4 Å². The lowest BCUT2D eigenvalue weighted by Gasteiger charge is -2.22. The molecule has 20 heavy (non-hydrogen) atoms. The van der Waals surface area contributed by atoms with E-state index in [1.54, 1.807) is 0 Å². The fourth-order valence-corrected chi connectivity index (χ4v) is 3.49. The predicted molar refractivity (Wildman–Crippen MR) is 76.6 cm³/mol. The van der Waals surface area contributed by atoms with E-state index in [0.29, 0.717) is 22.2 Å². The smallest absolute Gasteiger partial charge is 0.230 e. The predicted octanol–water partition coefficient (Wildman–Crippen LogP) is 3.25. The Morgan fingerprint density at radius 3 is 2.95 bits per heavy atom. The molecule has 1 aromatic carbocycles. The van der Waals surface area contributed by atoms with Crippen molar-refractivity contribution in [2.75, 3.05) is 13.1 Å². The first-order chi connectivity index (χ1) is 9.77. The second-order valence-corrected chi connectivity index (χ2v) is 6.27. The average Bonchev–Trinajstić information content (AvgIpc) is 2.95. The Labute approximate surface area is 122 Å². The Bertz CT molecular complexity index is 634. The quantitative estimate of drug-likeness (QED) is 0.922. The Balaban J connectivity index is 1.57. The third kappa shape index (κ3) is 2.03. The number of rotatable bonds is 2. The summed E-state index contributed by atoms with van der Waals surface area (Å²) in [6, 6.07) is 7.56. The van der Waals surface area contributed by atoms with E-state index in [2.05, 4.69) is 15.5 Å². The highest BCUT2D eigenvalue weighted by atomic mass is 35.5. The van der Waals surface area contributed by atoms with Crippen LogP contribution in [0.4, 0.5) is 0 Å². The Morgan fingerprint density at radius 2 is 2.15 bits per heavy atom. The van der Waals surface area contributed by atoms with Crippen LogP contribution >= 0.6 is 11.6 Å². The molecular weight excluding hydrogens is 274 g/mol. The standard InChI is InChI=1S/C15H16ClN3O/c16-11-3-1-2-10(8-11)13-18-14(20-19-13)12-9-15(12)4-6-17-7-5-15/h1-3,8,12,17H,4-7,9H2/t12-/m1/s1. The van der Waals surface area contributed by atoms with Crippen LogP contribution in [0.5, 0.6) is 0 Å². The molecule has 4 rings (SSSR count). The van der Waals surface area contributed by atoms with Crippen LogP contribution in [0.15, 0.2) is 28.8 Å². The van der Waals surface area contributed by atoms with E-state index < -0.39 is 0 Å². The van der Waals surface area contributed by atoms with Crippen molar-refractivity contribution in [1.29, 1.82) is 0 Å². The number of hydrogen-bond acceptors (Lipinski definition) is 4. The molecule has 2 fully saturated rings. The van der Waals surface area contributed by atoms with Gasteiger partial charge in [0.15, 0.2) is 0 Å². The first kappa shape index (κ1) is 12.4. The van der Waals surface area contributed by atoms with Gasteiger partial charge in [-0.25, -0.2) is 0 Å². The van der Waals surface area contributed by atoms with Crippen LogP contribution in [0.25, 0.3) is 11.4 Å². The van der Waals surface area contributed by atoms with Crippen molar-refractivity contribution in [1.82, 2.24) is 15.5 Å². The molecule has 2 heterocycles. The van der Waals surface area contributed by atoms with Crippen LogP contribution in [0.3, 0.4) is 0 Å². The lowest BCUT2D eigenvalue weighted by molar-refractivity contribution is 0.311. The van der Waals surface area contributed by atoms with Crippen molar-refractivity contribution in [3.63, 3.8) is 0 Å². The summed E-state index contributed by atoms with van der Waals surface area (Å²) < 4.78 is 5.49. The van der Waals surface area contributed by atoms with Crippen LogP contribution in [0, 0.1) is 5.41 Å². The molecule has 1 saturated carbocycles. The molecule has 4 nitrogen and oxygen atoms in total. The highest BCUT2D eigenvalue weighted by molar-refractivity contribution is 6.30. The maximum absolute atomic E-state index is 6.00. The average molecular weight is 290 g/mol. The Hall–Kier alpha value is -1.39. The molecule has 5 heteroatoms. The molecule has 0 unspecified atom stereocenters. The lowest BCUT2D eigenvalue weighted by Crippen LogP contribution is -2.29. The second-order valence-electron chi connectivity index (χ2n) is 5.84. The van der Waals surface area contributed by atoms with Gasteiger partial charge in [0.1, 0.15) is 0 Å². The highest BCUT2D eigenvalue weighted by Crippen LogP contribution is 2.63. The molecule has 1 atom stereocenters. The van der Waals surface area contributed by atoms with Crippen LogP contribution in [-0.4, -0.2) is 23.2 Å². The van der Waals surface area contributed by atoms with Gasteiger partial charge in [0.25, 0.3) is 0 Å². The summed E-state index contributed by atoms with van der Waals surface area (Å²) in [4.78, 5) is 4.58. The maximum atomic E-state index is 6.00. The van der Waals surface area contributed by atoms with E-state index in [4.69, 9.17) is 16.1 Å². The maximum Gasteiger partial charge on any atom is 0.230 e. The van der Waals surface area contributed by atoms with Gasteiger partial charge in [-0.3, -0.25) is 0 Å². The number of halogens is 1. The van der Waals surface area contributed by atoms with E-state index in [0.717, 1.165) is 24.5 Å². The Kier molecular flexibility index (Phi) is 2.82. The summed E-state index contributed by atoms with van der Waals surface area (Å²) in [7, 11) is 0. The number of piperidine rings is 1. The summed E-state index contributed by atoms with van der Waals surface area (Å²) in [5, 5.41) is 8.20. The second kappa shape index (κ2) is 4.57. The topological polar surface area (TPSA) is 51.0 Å². The summed E-state index contributed by atoms with van der Waals surface area (Å²) >= 11 is 6.00. The zero-order valence-corrected chi connectivity index (χ0v) is 11.9. The minimum absolute atomic E-state index is 0.420. The number of hydrogen-bond donors (Lipinski definition) is 1. The molecule has 0 radical (unpaired) electrons. The molecule has 2 aliphatic rings. The molecule has 1 aromatic heterocycles. The molecule has 1 aliphatic heterocycles. The first-order valence-corrected chi connectivity index (χ1v) is 7.45. The minimum atomic E-state index is 0.420. The molecule has 0 amide bonds. The fraction of sp³-hybridized carbons (Fsp3) is 0.467. The minimum Gasteiger partial charge on any atom is -0.339 e. The normalized spacial score (nSPS) is 23.9. The van der Waals surface area contributed by atoms with Gasteiger partial charge in [0.2, 0.25) is 11.7 Å². The van der Waals surface area contributed by atoms with Gasteiger partial charge >= 0.3 is 0 Å². The highest BCUT2D eigenvalue weighted by Gasteiger charge is 2.57. The van der Waals surface area contributed by atoms with Gasteiger partial charge in [-0.2, -0.15) is 4.98 Å². The van der Waals surface area contributed by atoms with Crippen molar-refractivity contribution < 1.29 is 4.52 Å². The van der Waals surface area contributed by atoms with Crippen molar-refractivity contribution in [2.24, 2.45) is 5.41 Å². The first-order valence-electron chi connectivity index (χ1n) is 7.07. The van der Waals surface area contributed by atoms with Gasteiger partial charge in [0.05, 0.1) is 0 Å². The summed E-state index contributed by atoms with van der Waals surface area (Å²) in [5.41, 5.74) is 1.33. The third-order valence-corrected chi connectivity index (χ3v) is 4.85. The van der Waals surface area contributed by atoms with E-state index in [-0.39, 0.29) is 0 Å². The van der Waals surface area contributed by atoms with Gasteiger partial charge in [0, 0.05) is 16.5 Å². The summed E-state index contributed by atoms with van der Waals surface area (Å²) in [6.07, 6.45) is 3.62. The van der Waals surface area contributed by atoms with Crippen molar-refractivity contribution in [3.05, 3.63) is 35.2 Å². The number of nitrogens with zero attached hydrogens (tertiary/aromatic N) is 2. The lowest BCUT2D eigenvalue weighted by atomic mass is 9.92. The Morgan fingerprint density at radius 1 is 1.30 bits per heavy atom. The number of aromatic nitrogens is 2. The van der Waals surface area contributed by atoms with E-state index in [1.807, 2.05) is 24.3 Å². The summed E-state index contributed by atoms with van der Waals surface area (Å²) in [6.45, 7) is 2.21. The van der Waals surface area contributed by atoms with Gasteiger partial charge in [-0.05, 0) is 49.9 Å². The molecule has 2 aromatic rings. The molecule has 0 bridgehead atoms. The zero-order valence-electron chi connectivity index (χ0n) is 11.1. The SMILES string of the molecule is Clc1cccc(-c2noc([C@H]3CC34CCNCC4)n2)c1. The van der Waals surface area contributed by atoms with Crippen LogP contribution in [0.2, 0.25) is 5.02 Å². The summed E-state index contributed by atoms with van der Waals surface area (Å²) in [5.74, 6) is 1.88. The molecule has 1 N–H and O–H groups in total. The number of nitrogens with one attached hydrogen (secondary N) is 1.